The summed E-state index contributed by atoms with van der Waals surface area (Å²) in [7, 11) is 0. The van der Waals surface area contributed by atoms with E-state index in [0.29, 0.717) is 5.92 Å². The number of rotatable bonds is 13. The quantitative estimate of drug-likeness (QED) is 0.149. The van der Waals surface area contributed by atoms with Crippen LogP contribution < -0.4 is 0 Å². The van der Waals surface area contributed by atoms with Crippen molar-refractivity contribution in [1.82, 2.24) is 0 Å². The van der Waals surface area contributed by atoms with Gasteiger partial charge in [-0.15, -0.1) is 0 Å². The molecule has 1 fully saturated rings. The Labute approximate surface area is 209 Å². The fraction of sp³-hybridized carbons (Fsp3) is 0.613. The molecule has 194 valence electrons. The maximum atomic E-state index is 14.9. The van der Waals surface area contributed by atoms with Gasteiger partial charge in [-0.2, -0.15) is 0 Å². The lowest BCUT2D eigenvalue weighted by molar-refractivity contribution is 0.301. The first-order chi connectivity index (χ1) is 16.9. The van der Waals surface area contributed by atoms with Crippen molar-refractivity contribution in [2.45, 2.75) is 116 Å². The maximum absolute atomic E-state index is 14.9. The molecule has 0 saturated heterocycles. The summed E-state index contributed by atoms with van der Waals surface area (Å²) in [6.45, 7) is 3.43. The van der Waals surface area contributed by atoms with Gasteiger partial charge in [0.2, 0.25) is 0 Å². The highest BCUT2D eigenvalue weighted by atomic mass is 19.2. The van der Waals surface area contributed by atoms with E-state index >= 15 is 0 Å². The molecule has 0 atom stereocenters. The van der Waals surface area contributed by atoms with E-state index in [1.807, 2.05) is 0 Å². The Morgan fingerprint density at radius 2 is 1.26 bits per heavy atom. The minimum atomic E-state index is -1.26. The summed E-state index contributed by atoms with van der Waals surface area (Å²) in [5, 5.41) is 0. The van der Waals surface area contributed by atoms with Gasteiger partial charge in [0, 0.05) is 16.7 Å². The Kier molecular flexibility index (Phi) is 11.1. The predicted molar refractivity (Wildman–Crippen MR) is 138 cm³/mol. The molecule has 0 aromatic heterocycles. The SMILES string of the molecule is CCCCCCCCCCCC[C@H]1CC[C@H](c2ccc(-c3cc(F)c(C)c(F)c3F)c(F)c2)CC1. The van der Waals surface area contributed by atoms with Crippen molar-refractivity contribution < 1.29 is 17.6 Å². The third-order valence-corrected chi connectivity index (χ3v) is 7.96. The fourth-order valence-corrected chi connectivity index (χ4v) is 5.59. The van der Waals surface area contributed by atoms with Crippen molar-refractivity contribution in [2.75, 3.05) is 0 Å². The zero-order valence-corrected chi connectivity index (χ0v) is 21.6. The van der Waals surface area contributed by atoms with Crippen LogP contribution in [0.4, 0.5) is 17.6 Å². The average molecular weight is 491 g/mol. The highest BCUT2D eigenvalue weighted by Gasteiger charge is 2.24. The third kappa shape index (κ3) is 7.82. The second-order valence-electron chi connectivity index (χ2n) is 10.6. The van der Waals surface area contributed by atoms with Crippen LogP contribution in [0.15, 0.2) is 24.3 Å². The fourth-order valence-electron chi connectivity index (χ4n) is 5.59. The molecule has 35 heavy (non-hydrogen) atoms. The maximum Gasteiger partial charge on any atom is 0.167 e. The number of hydrogen-bond donors (Lipinski definition) is 0. The molecule has 2 aromatic rings. The summed E-state index contributed by atoms with van der Waals surface area (Å²) in [5.41, 5.74) is 0.0449. The first-order valence-electron chi connectivity index (χ1n) is 13.9. The molecule has 0 unspecified atom stereocenters. The van der Waals surface area contributed by atoms with E-state index in [1.165, 1.54) is 89.7 Å². The molecule has 0 amide bonds. The summed E-state index contributed by atoms with van der Waals surface area (Å²) in [4.78, 5) is 0. The molecule has 2 aromatic carbocycles. The van der Waals surface area contributed by atoms with Gasteiger partial charge in [-0.3, -0.25) is 0 Å². The molecule has 3 rings (SSSR count). The lowest BCUT2D eigenvalue weighted by Crippen LogP contribution is -2.13. The van der Waals surface area contributed by atoms with Crippen molar-refractivity contribution in [3.8, 4) is 11.1 Å². The van der Waals surface area contributed by atoms with Crippen LogP contribution in [0.25, 0.3) is 11.1 Å². The van der Waals surface area contributed by atoms with Crippen LogP contribution in [0.1, 0.15) is 120 Å². The molecule has 0 aliphatic heterocycles. The van der Waals surface area contributed by atoms with Gasteiger partial charge in [0.05, 0.1) is 0 Å². The van der Waals surface area contributed by atoms with Gasteiger partial charge < -0.3 is 0 Å². The number of halogens is 4. The molecule has 0 heterocycles. The lowest BCUT2D eigenvalue weighted by atomic mass is 9.77. The molecular weight excluding hydrogens is 448 g/mol. The summed E-state index contributed by atoms with van der Waals surface area (Å²) in [6, 6.07) is 5.57. The molecule has 1 aliphatic carbocycles. The second-order valence-corrected chi connectivity index (χ2v) is 10.6. The van der Waals surface area contributed by atoms with Crippen LogP contribution in [0.2, 0.25) is 0 Å². The van der Waals surface area contributed by atoms with Gasteiger partial charge in [0.15, 0.2) is 11.6 Å². The largest absolute Gasteiger partial charge is 0.207 e. The van der Waals surface area contributed by atoms with Crippen LogP contribution in [-0.2, 0) is 0 Å². The summed E-state index contributed by atoms with van der Waals surface area (Å²) in [6.07, 6.45) is 19.3. The van der Waals surface area contributed by atoms with Crippen molar-refractivity contribution in [2.24, 2.45) is 5.92 Å². The van der Waals surface area contributed by atoms with Crippen molar-refractivity contribution >= 4 is 0 Å². The predicted octanol–water partition coefficient (Wildman–Crippen LogP) is 10.8. The molecule has 0 radical (unpaired) electrons. The minimum Gasteiger partial charge on any atom is -0.207 e. The van der Waals surface area contributed by atoms with E-state index in [-0.39, 0.29) is 11.1 Å². The van der Waals surface area contributed by atoms with Crippen LogP contribution >= 0.6 is 0 Å². The van der Waals surface area contributed by atoms with Crippen molar-refractivity contribution in [1.29, 1.82) is 0 Å². The Bertz CT molecular complexity index is 928. The van der Waals surface area contributed by atoms with E-state index in [1.54, 1.807) is 6.07 Å². The Morgan fingerprint density at radius 1 is 0.657 bits per heavy atom. The Hall–Kier alpha value is -1.84. The van der Waals surface area contributed by atoms with Crippen molar-refractivity contribution in [3.05, 3.63) is 58.7 Å². The molecule has 1 saturated carbocycles. The van der Waals surface area contributed by atoms with Gasteiger partial charge in [-0.1, -0.05) is 89.7 Å². The number of hydrogen-bond acceptors (Lipinski definition) is 0. The van der Waals surface area contributed by atoms with Crippen molar-refractivity contribution in [3.63, 3.8) is 0 Å². The van der Waals surface area contributed by atoms with Crippen LogP contribution in [-0.4, -0.2) is 0 Å². The zero-order chi connectivity index (χ0) is 25.2. The highest BCUT2D eigenvalue weighted by molar-refractivity contribution is 5.66. The summed E-state index contributed by atoms with van der Waals surface area (Å²) in [5.74, 6) is -2.91. The highest BCUT2D eigenvalue weighted by Crippen LogP contribution is 2.39. The van der Waals surface area contributed by atoms with Gasteiger partial charge in [0.25, 0.3) is 0 Å². The molecule has 0 bridgehead atoms. The smallest absolute Gasteiger partial charge is 0.167 e. The third-order valence-electron chi connectivity index (χ3n) is 7.96. The Morgan fingerprint density at radius 3 is 1.86 bits per heavy atom. The second kappa shape index (κ2) is 14.0. The standard InChI is InChI=1S/C31H42F4/c1-3-4-5-6-7-8-9-10-11-12-13-23-14-16-24(17-15-23)25-18-19-26(29(33)20-25)27-21-28(32)22(2)30(34)31(27)35/h18-21,23-24H,3-17H2,1-2H3/t23-,24-. The van der Waals surface area contributed by atoms with Crippen LogP contribution in [0, 0.1) is 36.1 Å². The first kappa shape index (κ1) is 27.7. The first-order valence-corrected chi connectivity index (χ1v) is 13.9. The van der Waals surface area contributed by atoms with Gasteiger partial charge in [-0.05, 0) is 62.1 Å². The average Bonchev–Trinajstić information content (AvgIpc) is 2.86. The van der Waals surface area contributed by atoms with Crippen LogP contribution in [0.5, 0.6) is 0 Å². The van der Waals surface area contributed by atoms with Gasteiger partial charge in [-0.25, -0.2) is 17.6 Å². The topological polar surface area (TPSA) is 0 Å². The lowest BCUT2D eigenvalue weighted by Gasteiger charge is -2.29. The van der Waals surface area contributed by atoms with E-state index in [9.17, 15) is 17.6 Å². The Balaban J connectivity index is 1.41. The van der Waals surface area contributed by atoms with E-state index in [4.69, 9.17) is 0 Å². The minimum absolute atomic E-state index is 0.0984. The van der Waals surface area contributed by atoms with E-state index in [2.05, 4.69) is 6.92 Å². The van der Waals surface area contributed by atoms with Crippen LogP contribution in [0.3, 0.4) is 0 Å². The van der Waals surface area contributed by atoms with Gasteiger partial charge >= 0.3 is 0 Å². The zero-order valence-electron chi connectivity index (χ0n) is 21.6. The number of benzene rings is 2. The van der Waals surface area contributed by atoms with E-state index < -0.39 is 28.8 Å². The molecule has 0 nitrogen and oxygen atoms in total. The monoisotopic (exact) mass is 490 g/mol. The van der Waals surface area contributed by atoms with Gasteiger partial charge in [0.1, 0.15) is 11.6 Å². The summed E-state index contributed by atoms with van der Waals surface area (Å²) < 4.78 is 57.1. The number of unbranched alkanes of at least 4 members (excludes halogenated alkanes) is 9. The molecule has 0 spiro atoms. The molecule has 4 heteroatoms. The molecule has 1 aliphatic rings. The van der Waals surface area contributed by atoms with E-state index in [0.717, 1.165) is 43.2 Å². The summed E-state index contributed by atoms with van der Waals surface area (Å²) >= 11 is 0. The molecular formula is C31H42F4. The normalized spacial score (nSPS) is 18.2. The molecule has 0 N–H and O–H groups in total.